The van der Waals surface area contributed by atoms with Crippen molar-refractivity contribution in [1.82, 2.24) is 0 Å². The summed E-state index contributed by atoms with van der Waals surface area (Å²) < 4.78 is 0. The molecule has 1 nitrogen and oxygen atoms in total. The Bertz CT molecular complexity index is 571. The Labute approximate surface area is 116 Å². The molecule has 2 rings (SSSR count). The molecule has 0 amide bonds. The van der Waals surface area contributed by atoms with Gasteiger partial charge in [-0.25, -0.2) is 0 Å². The predicted molar refractivity (Wildman–Crippen MR) is 76.6 cm³/mol. The molecule has 90 valence electrons. The highest BCUT2D eigenvalue weighted by Crippen LogP contribution is 2.28. The summed E-state index contributed by atoms with van der Waals surface area (Å²) >= 11 is 12.1. The van der Waals surface area contributed by atoms with Crippen LogP contribution in [0.15, 0.2) is 54.6 Å². The van der Waals surface area contributed by atoms with E-state index >= 15 is 0 Å². The Morgan fingerprint density at radius 3 is 2.06 bits per heavy atom. The van der Waals surface area contributed by atoms with Gasteiger partial charge in [0.05, 0.1) is 5.03 Å². The van der Waals surface area contributed by atoms with Gasteiger partial charge in [-0.3, -0.25) is 4.79 Å². The van der Waals surface area contributed by atoms with Crippen molar-refractivity contribution in [2.45, 2.75) is 0 Å². The largest absolute Gasteiger partial charge is 0.298 e. The summed E-state index contributed by atoms with van der Waals surface area (Å²) in [7, 11) is 0. The fourth-order valence-electron chi connectivity index (χ4n) is 1.62. The van der Waals surface area contributed by atoms with E-state index in [0.717, 1.165) is 17.4 Å². The monoisotopic (exact) mass is 276 g/mol. The molecule has 0 aliphatic heterocycles. The Balaban J connectivity index is 2.50. The zero-order valence-corrected chi connectivity index (χ0v) is 10.9. The number of allylic oxidation sites excluding steroid dienone is 1. The minimum atomic E-state index is 0.424. The average molecular weight is 277 g/mol. The molecule has 18 heavy (non-hydrogen) atoms. The van der Waals surface area contributed by atoms with Crippen LogP contribution in [0.4, 0.5) is 0 Å². The molecular formula is C15H10Cl2O. The number of rotatable bonds is 3. The van der Waals surface area contributed by atoms with E-state index in [1.54, 1.807) is 24.3 Å². The number of hydrogen-bond donors (Lipinski definition) is 0. The molecule has 0 atom stereocenters. The Morgan fingerprint density at radius 1 is 0.889 bits per heavy atom. The molecule has 0 aliphatic carbocycles. The van der Waals surface area contributed by atoms with Crippen molar-refractivity contribution in [3.8, 4) is 0 Å². The van der Waals surface area contributed by atoms with E-state index < -0.39 is 0 Å². The zero-order chi connectivity index (χ0) is 13.0. The normalized spacial score (nSPS) is 11.9. The second-order valence-electron chi connectivity index (χ2n) is 3.72. The van der Waals surface area contributed by atoms with Crippen molar-refractivity contribution in [1.29, 1.82) is 0 Å². The molecular weight excluding hydrogens is 267 g/mol. The predicted octanol–water partition coefficient (Wildman–Crippen LogP) is 4.65. The molecule has 0 N–H and O–H groups in total. The molecule has 2 aromatic carbocycles. The van der Waals surface area contributed by atoms with Gasteiger partial charge in [0.25, 0.3) is 0 Å². The second kappa shape index (κ2) is 5.85. The van der Waals surface area contributed by atoms with E-state index in [4.69, 9.17) is 23.2 Å². The van der Waals surface area contributed by atoms with Crippen molar-refractivity contribution in [3.63, 3.8) is 0 Å². The van der Waals surface area contributed by atoms with Crippen LogP contribution in [0.3, 0.4) is 0 Å². The lowest BCUT2D eigenvalue weighted by molar-refractivity contribution is -0.103. The number of carbonyl (C=O) groups excluding carboxylic acids is 1. The zero-order valence-electron chi connectivity index (χ0n) is 9.44. The molecule has 0 bridgehead atoms. The SMILES string of the molecule is O=CC(=C(Cl)c1ccc(Cl)cc1)c1ccccc1. The Hall–Kier alpha value is -1.57. The van der Waals surface area contributed by atoms with Crippen molar-refractivity contribution in [2.24, 2.45) is 0 Å². The minimum Gasteiger partial charge on any atom is -0.298 e. The van der Waals surface area contributed by atoms with Crippen LogP contribution in [0.25, 0.3) is 10.6 Å². The van der Waals surface area contributed by atoms with E-state index in [0.29, 0.717) is 15.6 Å². The van der Waals surface area contributed by atoms with Crippen LogP contribution in [0.1, 0.15) is 11.1 Å². The molecule has 0 saturated carbocycles. The number of benzene rings is 2. The molecule has 0 unspecified atom stereocenters. The van der Waals surface area contributed by atoms with Gasteiger partial charge in [0.15, 0.2) is 6.29 Å². The third kappa shape index (κ3) is 2.81. The van der Waals surface area contributed by atoms with Gasteiger partial charge in [-0.15, -0.1) is 0 Å². The van der Waals surface area contributed by atoms with Crippen LogP contribution >= 0.6 is 23.2 Å². The van der Waals surface area contributed by atoms with Crippen LogP contribution in [0.2, 0.25) is 5.02 Å². The highest BCUT2D eigenvalue weighted by atomic mass is 35.5. The van der Waals surface area contributed by atoms with Crippen molar-refractivity contribution < 1.29 is 4.79 Å². The summed E-state index contributed by atoms with van der Waals surface area (Å²) in [5.74, 6) is 0. The van der Waals surface area contributed by atoms with Gasteiger partial charge in [-0.05, 0) is 23.3 Å². The summed E-state index contributed by atoms with van der Waals surface area (Å²) in [4.78, 5) is 11.2. The lowest BCUT2D eigenvalue weighted by atomic mass is 10.0. The van der Waals surface area contributed by atoms with Gasteiger partial charge < -0.3 is 0 Å². The van der Waals surface area contributed by atoms with Crippen molar-refractivity contribution >= 4 is 40.1 Å². The van der Waals surface area contributed by atoms with Crippen molar-refractivity contribution in [3.05, 3.63) is 70.7 Å². The van der Waals surface area contributed by atoms with Gasteiger partial charge in [0, 0.05) is 10.6 Å². The van der Waals surface area contributed by atoms with Crippen LogP contribution in [0.5, 0.6) is 0 Å². The van der Waals surface area contributed by atoms with Gasteiger partial charge in [0.2, 0.25) is 0 Å². The van der Waals surface area contributed by atoms with E-state index in [1.807, 2.05) is 30.3 Å². The number of hydrogen-bond acceptors (Lipinski definition) is 1. The first-order chi connectivity index (χ1) is 8.72. The van der Waals surface area contributed by atoms with E-state index in [1.165, 1.54) is 0 Å². The van der Waals surface area contributed by atoms with E-state index in [9.17, 15) is 4.79 Å². The van der Waals surface area contributed by atoms with E-state index in [2.05, 4.69) is 0 Å². The van der Waals surface area contributed by atoms with Gasteiger partial charge in [0.1, 0.15) is 0 Å². The lowest BCUT2D eigenvalue weighted by Crippen LogP contribution is -1.89. The molecule has 0 saturated heterocycles. The maximum absolute atomic E-state index is 11.2. The van der Waals surface area contributed by atoms with Crippen LogP contribution in [0, 0.1) is 0 Å². The summed E-state index contributed by atoms with van der Waals surface area (Å²) in [6.07, 6.45) is 0.770. The molecule has 2 aromatic rings. The Morgan fingerprint density at radius 2 is 1.50 bits per heavy atom. The molecule has 0 aliphatic rings. The third-order valence-electron chi connectivity index (χ3n) is 2.54. The fraction of sp³-hybridized carbons (Fsp3) is 0. The molecule has 0 spiro atoms. The Kier molecular flexibility index (Phi) is 4.19. The van der Waals surface area contributed by atoms with Gasteiger partial charge in [-0.2, -0.15) is 0 Å². The average Bonchev–Trinajstić information content (AvgIpc) is 2.41. The fourth-order valence-corrected chi connectivity index (χ4v) is 2.02. The topological polar surface area (TPSA) is 17.1 Å². The number of carbonyl (C=O) groups is 1. The maximum atomic E-state index is 11.2. The smallest absolute Gasteiger partial charge is 0.152 e. The molecule has 3 heteroatoms. The standard InChI is InChI=1S/C15H10Cl2O/c16-13-8-6-12(7-9-13)15(17)14(10-18)11-4-2-1-3-5-11/h1-10H. The first kappa shape index (κ1) is 12.9. The molecule has 0 aromatic heterocycles. The number of aldehydes is 1. The lowest BCUT2D eigenvalue weighted by Gasteiger charge is -2.05. The summed E-state index contributed by atoms with van der Waals surface area (Å²) in [5, 5.41) is 1.06. The molecule has 0 radical (unpaired) electrons. The van der Waals surface area contributed by atoms with E-state index in [-0.39, 0.29) is 0 Å². The minimum absolute atomic E-state index is 0.424. The van der Waals surface area contributed by atoms with Crippen LogP contribution in [-0.2, 0) is 4.79 Å². The van der Waals surface area contributed by atoms with Crippen molar-refractivity contribution in [2.75, 3.05) is 0 Å². The maximum Gasteiger partial charge on any atom is 0.152 e. The van der Waals surface area contributed by atoms with Gasteiger partial charge in [-0.1, -0.05) is 65.7 Å². The molecule has 0 heterocycles. The summed E-state index contributed by atoms with van der Waals surface area (Å²) in [6, 6.07) is 16.4. The second-order valence-corrected chi connectivity index (χ2v) is 4.53. The number of halogens is 2. The first-order valence-electron chi connectivity index (χ1n) is 5.38. The summed E-state index contributed by atoms with van der Waals surface area (Å²) in [5.41, 5.74) is 2.04. The molecule has 0 fully saturated rings. The van der Waals surface area contributed by atoms with Gasteiger partial charge >= 0.3 is 0 Å². The highest BCUT2D eigenvalue weighted by molar-refractivity contribution is 6.55. The third-order valence-corrected chi connectivity index (χ3v) is 3.21. The quantitative estimate of drug-likeness (QED) is 0.453. The highest BCUT2D eigenvalue weighted by Gasteiger charge is 2.08. The van der Waals surface area contributed by atoms with Crippen LogP contribution < -0.4 is 0 Å². The van der Waals surface area contributed by atoms with Crippen LogP contribution in [-0.4, -0.2) is 6.29 Å². The summed E-state index contributed by atoms with van der Waals surface area (Å²) in [6.45, 7) is 0. The first-order valence-corrected chi connectivity index (χ1v) is 6.14.